The van der Waals surface area contributed by atoms with Gasteiger partial charge < -0.3 is 16.8 Å². The van der Waals surface area contributed by atoms with E-state index in [-0.39, 0.29) is 69.7 Å². The second kappa shape index (κ2) is 9.14. The molecule has 0 radical (unpaired) electrons. The molecule has 0 fully saturated rings. The third kappa shape index (κ3) is 4.25. The lowest BCUT2D eigenvalue weighted by molar-refractivity contribution is 0.625. The van der Waals surface area contributed by atoms with Crippen molar-refractivity contribution in [3.05, 3.63) is 75.1 Å². The van der Waals surface area contributed by atoms with Gasteiger partial charge in [0.15, 0.2) is 5.82 Å². The van der Waals surface area contributed by atoms with Gasteiger partial charge in [0, 0.05) is 13.0 Å². The minimum absolute atomic E-state index is 0.00511. The minimum atomic E-state index is -0.714. The average molecular weight is 466 g/mol. The number of nitriles is 3. The maximum atomic E-state index is 14.2. The van der Waals surface area contributed by atoms with E-state index in [2.05, 4.69) is 20.3 Å². The Balaban J connectivity index is 1.84. The van der Waals surface area contributed by atoms with Crippen molar-refractivity contribution in [2.24, 2.45) is 0 Å². The normalized spacial score (nSPS) is 10.3. The number of nitrogens with zero attached hydrogens (tertiary/aromatic N) is 7. The number of hydrogen-bond donors (Lipinski definition) is 3. The summed E-state index contributed by atoms with van der Waals surface area (Å²) in [7, 11) is 0. The molecular formula is C23H15FN10O. The average Bonchev–Trinajstić information content (AvgIpc) is 2.83. The second-order valence-corrected chi connectivity index (χ2v) is 7.27. The summed E-state index contributed by atoms with van der Waals surface area (Å²) in [4.78, 5) is 25.8. The van der Waals surface area contributed by atoms with E-state index in [0.717, 1.165) is 16.7 Å². The van der Waals surface area contributed by atoms with Gasteiger partial charge in [-0.25, -0.2) is 9.37 Å². The Bertz CT molecular complexity index is 1670. The molecule has 0 atom stereocenters. The minimum Gasteiger partial charge on any atom is -0.382 e. The van der Waals surface area contributed by atoms with Gasteiger partial charge in [0.25, 0.3) is 5.56 Å². The smallest absolute Gasteiger partial charge is 0.267 e. The van der Waals surface area contributed by atoms with Crippen LogP contribution in [-0.2, 0) is 6.42 Å². The van der Waals surface area contributed by atoms with Gasteiger partial charge in [-0.1, -0.05) is 6.07 Å². The first kappa shape index (κ1) is 22.6. The number of fused-ring (bicyclic) bond motifs is 1. The maximum absolute atomic E-state index is 14.2. The number of nitrogen functional groups attached to an aromatic ring is 2. The van der Waals surface area contributed by atoms with Crippen LogP contribution in [0.25, 0.3) is 16.6 Å². The van der Waals surface area contributed by atoms with Crippen molar-refractivity contribution in [2.75, 3.05) is 23.3 Å². The van der Waals surface area contributed by atoms with E-state index in [4.69, 9.17) is 11.5 Å². The van der Waals surface area contributed by atoms with Crippen molar-refractivity contribution < 1.29 is 4.39 Å². The highest BCUT2D eigenvalue weighted by Gasteiger charge is 2.17. The second-order valence-electron chi connectivity index (χ2n) is 7.27. The lowest BCUT2D eigenvalue weighted by atomic mass is 10.1. The van der Waals surface area contributed by atoms with Gasteiger partial charge in [-0.2, -0.15) is 25.8 Å². The molecule has 0 saturated heterocycles. The van der Waals surface area contributed by atoms with Crippen LogP contribution in [0.2, 0.25) is 0 Å². The molecule has 12 heteroatoms. The van der Waals surface area contributed by atoms with E-state index in [1.54, 1.807) is 12.1 Å². The monoisotopic (exact) mass is 466 g/mol. The van der Waals surface area contributed by atoms with Crippen LogP contribution in [0.1, 0.15) is 22.5 Å². The zero-order valence-corrected chi connectivity index (χ0v) is 17.9. The topological polar surface area (TPSA) is 196 Å². The van der Waals surface area contributed by atoms with Gasteiger partial charge in [0.2, 0.25) is 5.95 Å². The summed E-state index contributed by atoms with van der Waals surface area (Å²) >= 11 is 0. The molecule has 2 aromatic carbocycles. The zero-order chi connectivity index (χ0) is 25.1. The van der Waals surface area contributed by atoms with Crippen LogP contribution in [0.4, 0.5) is 22.0 Å². The number of benzene rings is 2. The first-order valence-electron chi connectivity index (χ1n) is 10.1. The summed E-state index contributed by atoms with van der Waals surface area (Å²) in [6.45, 7) is 0.126. The number of aromatic nitrogens is 4. The molecule has 5 N–H and O–H groups in total. The van der Waals surface area contributed by atoms with Crippen molar-refractivity contribution in [2.45, 2.75) is 6.42 Å². The summed E-state index contributed by atoms with van der Waals surface area (Å²) in [5, 5.41) is 31.1. The highest BCUT2D eigenvalue weighted by molar-refractivity contribution is 5.84. The van der Waals surface area contributed by atoms with E-state index in [0.29, 0.717) is 0 Å². The van der Waals surface area contributed by atoms with Crippen LogP contribution in [0, 0.1) is 39.8 Å². The number of rotatable bonds is 5. The van der Waals surface area contributed by atoms with Gasteiger partial charge >= 0.3 is 0 Å². The molecule has 0 aliphatic heterocycles. The summed E-state index contributed by atoms with van der Waals surface area (Å²) in [5.74, 6) is -0.604. The van der Waals surface area contributed by atoms with E-state index < -0.39 is 11.4 Å². The summed E-state index contributed by atoms with van der Waals surface area (Å²) in [5.41, 5.74) is 11.2. The molecule has 2 heterocycles. The molecule has 0 saturated carbocycles. The fourth-order valence-corrected chi connectivity index (χ4v) is 3.60. The molecule has 0 amide bonds. The highest BCUT2D eigenvalue weighted by atomic mass is 19.1. The molecule has 0 aliphatic carbocycles. The van der Waals surface area contributed by atoms with E-state index >= 15 is 0 Å². The Kier molecular flexibility index (Phi) is 5.91. The van der Waals surface area contributed by atoms with E-state index in [9.17, 15) is 25.0 Å². The molecular weight excluding hydrogens is 451 g/mol. The Labute approximate surface area is 197 Å². The first-order valence-corrected chi connectivity index (χ1v) is 10.1. The Hall–Kier alpha value is -5.54. The molecule has 4 rings (SSSR count). The summed E-state index contributed by atoms with van der Waals surface area (Å²) < 4.78 is 15.4. The quantitative estimate of drug-likeness (QED) is 0.389. The third-order valence-electron chi connectivity index (χ3n) is 5.06. The molecule has 0 unspecified atom stereocenters. The van der Waals surface area contributed by atoms with Crippen molar-refractivity contribution in [3.8, 4) is 23.9 Å². The van der Waals surface area contributed by atoms with Gasteiger partial charge in [-0.15, -0.1) is 0 Å². The third-order valence-corrected chi connectivity index (χ3v) is 5.06. The highest BCUT2D eigenvalue weighted by Crippen LogP contribution is 2.20. The van der Waals surface area contributed by atoms with E-state index in [1.807, 2.05) is 18.2 Å². The Morgan fingerprint density at radius 3 is 2.54 bits per heavy atom. The van der Waals surface area contributed by atoms with Crippen LogP contribution in [0.5, 0.6) is 0 Å². The molecule has 2 aromatic heterocycles. The maximum Gasteiger partial charge on any atom is 0.267 e. The van der Waals surface area contributed by atoms with E-state index in [1.165, 1.54) is 12.1 Å². The number of halogens is 1. The Morgan fingerprint density at radius 2 is 1.83 bits per heavy atom. The Morgan fingerprint density at radius 1 is 1.03 bits per heavy atom. The number of nitrogens with two attached hydrogens (primary N) is 2. The lowest BCUT2D eigenvalue weighted by Gasteiger charge is -2.15. The van der Waals surface area contributed by atoms with Crippen molar-refractivity contribution >= 4 is 28.5 Å². The van der Waals surface area contributed by atoms with Gasteiger partial charge in [0.1, 0.15) is 35.2 Å². The number of nitrogens with one attached hydrogen (secondary N) is 1. The summed E-state index contributed by atoms with van der Waals surface area (Å²) in [6, 6.07) is 13.9. The number of anilines is 3. The zero-order valence-electron chi connectivity index (χ0n) is 17.9. The van der Waals surface area contributed by atoms with Crippen LogP contribution < -0.4 is 22.3 Å². The molecule has 0 bridgehead atoms. The van der Waals surface area contributed by atoms with Crippen LogP contribution >= 0.6 is 0 Å². The molecule has 0 spiro atoms. The van der Waals surface area contributed by atoms with Crippen molar-refractivity contribution in [1.29, 1.82) is 15.8 Å². The van der Waals surface area contributed by atoms with Crippen molar-refractivity contribution in [1.82, 2.24) is 19.5 Å². The SMILES string of the molecule is N#Cc1cc(F)cc(-n2c(CCNc3nc(N)nc(N)c3C#N)nc3cccc(C#N)c3c2=O)c1. The van der Waals surface area contributed by atoms with Crippen LogP contribution in [0.3, 0.4) is 0 Å². The van der Waals surface area contributed by atoms with Crippen LogP contribution in [-0.4, -0.2) is 26.1 Å². The van der Waals surface area contributed by atoms with Crippen LogP contribution in [0.15, 0.2) is 41.2 Å². The standard InChI is InChI=1S/C23H15FN10O/c24-14-6-12(9-25)7-15(8-14)34-18(31-17-3-1-2-13(10-26)19(17)22(34)35)4-5-30-21-16(11-27)20(28)32-23(29)33-21/h1-3,6-8H,4-5H2,(H5,28,29,30,32,33). The predicted octanol–water partition coefficient (Wildman–Crippen LogP) is 1.75. The number of hydrogen-bond acceptors (Lipinski definition) is 10. The van der Waals surface area contributed by atoms with Gasteiger partial charge in [0.05, 0.1) is 33.8 Å². The predicted molar refractivity (Wildman–Crippen MR) is 124 cm³/mol. The first-order chi connectivity index (χ1) is 16.9. The molecule has 35 heavy (non-hydrogen) atoms. The fourth-order valence-electron chi connectivity index (χ4n) is 3.60. The summed E-state index contributed by atoms with van der Waals surface area (Å²) in [6.07, 6.45) is 0.106. The molecule has 4 aromatic rings. The lowest BCUT2D eigenvalue weighted by Crippen LogP contribution is -2.26. The molecule has 170 valence electrons. The van der Waals surface area contributed by atoms with Crippen molar-refractivity contribution in [3.63, 3.8) is 0 Å². The fraction of sp³-hybridized carbons (Fsp3) is 0.0870. The van der Waals surface area contributed by atoms with Gasteiger partial charge in [-0.3, -0.25) is 9.36 Å². The largest absolute Gasteiger partial charge is 0.382 e. The molecule has 0 aliphatic rings. The molecule has 11 nitrogen and oxygen atoms in total. The van der Waals surface area contributed by atoms with Gasteiger partial charge in [-0.05, 0) is 30.3 Å².